The first-order chi connectivity index (χ1) is 12.9. The maximum Gasteiger partial charge on any atom is 0.328 e. The molecule has 2 aromatic rings. The molecule has 27 heavy (non-hydrogen) atoms. The van der Waals surface area contributed by atoms with Gasteiger partial charge in [0.1, 0.15) is 11.4 Å². The van der Waals surface area contributed by atoms with Crippen molar-refractivity contribution in [3.8, 4) is 0 Å². The van der Waals surface area contributed by atoms with Gasteiger partial charge in [-0.15, -0.1) is 0 Å². The van der Waals surface area contributed by atoms with E-state index in [0.29, 0.717) is 13.1 Å². The topological polar surface area (TPSA) is 96.2 Å². The summed E-state index contributed by atoms with van der Waals surface area (Å²) in [5.41, 5.74) is -1.18. The van der Waals surface area contributed by atoms with Gasteiger partial charge < -0.3 is 18.9 Å². The molecule has 1 atom stereocenters. The Morgan fingerprint density at radius 1 is 1.37 bits per heavy atom. The van der Waals surface area contributed by atoms with Gasteiger partial charge in [0.25, 0.3) is 11.5 Å². The molecule has 0 saturated carbocycles. The highest BCUT2D eigenvalue weighted by Crippen LogP contribution is 2.26. The van der Waals surface area contributed by atoms with Gasteiger partial charge in [0.2, 0.25) is 0 Å². The monoisotopic (exact) mass is 374 g/mol. The van der Waals surface area contributed by atoms with Crippen LogP contribution in [0.5, 0.6) is 0 Å². The second-order valence-electron chi connectivity index (χ2n) is 7.29. The molecule has 0 bridgehead atoms. The fourth-order valence-electron chi connectivity index (χ4n) is 3.44. The summed E-state index contributed by atoms with van der Waals surface area (Å²) in [4.78, 5) is 46.9. The summed E-state index contributed by atoms with van der Waals surface area (Å²) in [7, 11) is 5.57. The van der Waals surface area contributed by atoms with Gasteiger partial charge in [0.15, 0.2) is 0 Å². The van der Waals surface area contributed by atoms with E-state index in [1.165, 1.54) is 17.8 Å². The highest BCUT2D eigenvalue weighted by Gasteiger charge is 2.29. The summed E-state index contributed by atoms with van der Waals surface area (Å²) in [6.45, 7) is 2.86. The van der Waals surface area contributed by atoms with Gasteiger partial charge in [-0.3, -0.25) is 14.6 Å². The molecule has 1 aliphatic rings. The van der Waals surface area contributed by atoms with Crippen LogP contribution in [0, 0.1) is 0 Å². The number of amides is 1. The Hall–Kier alpha value is -2.68. The first-order valence-electron chi connectivity index (χ1n) is 9.12. The third-order valence-electron chi connectivity index (χ3n) is 4.95. The van der Waals surface area contributed by atoms with E-state index in [1.54, 1.807) is 11.1 Å². The number of piperidine rings is 1. The number of aryl methyl sites for hydroxylation is 1. The van der Waals surface area contributed by atoms with E-state index >= 15 is 0 Å². The van der Waals surface area contributed by atoms with Crippen LogP contribution in [-0.2, 0) is 13.6 Å². The number of imidazole rings is 1. The Morgan fingerprint density at radius 2 is 2.15 bits per heavy atom. The van der Waals surface area contributed by atoms with Gasteiger partial charge in [0, 0.05) is 57.7 Å². The Balaban J connectivity index is 1.78. The third kappa shape index (κ3) is 4.19. The van der Waals surface area contributed by atoms with Gasteiger partial charge in [-0.1, -0.05) is 0 Å². The average Bonchev–Trinajstić information content (AvgIpc) is 3.11. The Labute approximate surface area is 157 Å². The van der Waals surface area contributed by atoms with Crippen LogP contribution in [0.1, 0.15) is 34.9 Å². The quantitative estimate of drug-likeness (QED) is 0.785. The third-order valence-corrected chi connectivity index (χ3v) is 4.95. The minimum absolute atomic E-state index is 0.00583. The van der Waals surface area contributed by atoms with Crippen molar-refractivity contribution >= 4 is 5.91 Å². The summed E-state index contributed by atoms with van der Waals surface area (Å²) in [6, 6.07) is 0. The van der Waals surface area contributed by atoms with E-state index in [2.05, 4.69) is 19.4 Å². The largest absolute Gasteiger partial charge is 0.338 e. The molecule has 0 spiro atoms. The van der Waals surface area contributed by atoms with Crippen LogP contribution >= 0.6 is 0 Å². The highest BCUT2D eigenvalue weighted by atomic mass is 16.2. The molecule has 1 amide bonds. The Kier molecular flexibility index (Phi) is 5.59. The predicted octanol–water partition coefficient (Wildman–Crippen LogP) is -0.148. The minimum Gasteiger partial charge on any atom is -0.338 e. The van der Waals surface area contributed by atoms with E-state index in [-0.39, 0.29) is 17.4 Å². The maximum atomic E-state index is 12.9. The van der Waals surface area contributed by atoms with Crippen molar-refractivity contribution in [1.29, 1.82) is 0 Å². The molecular formula is C18H26N6O3. The maximum absolute atomic E-state index is 12.9. The zero-order chi connectivity index (χ0) is 19.6. The van der Waals surface area contributed by atoms with Gasteiger partial charge in [-0.05, 0) is 26.9 Å². The molecule has 1 N–H and O–H groups in total. The summed E-state index contributed by atoms with van der Waals surface area (Å²) in [5, 5.41) is 0. The number of carbonyl (C=O) groups is 1. The van der Waals surface area contributed by atoms with Crippen LogP contribution < -0.4 is 11.2 Å². The first kappa shape index (κ1) is 19.1. The number of aromatic amines is 1. The van der Waals surface area contributed by atoms with Crippen molar-refractivity contribution < 1.29 is 4.79 Å². The van der Waals surface area contributed by atoms with Crippen LogP contribution in [0.4, 0.5) is 0 Å². The molecule has 9 nitrogen and oxygen atoms in total. The van der Waals surface area contributed by atoms with Crippen LogP contribution in [0.15, 0.2) is 28.2 Å². The van der Waals surface area contributed by atoms with Crippen molar-refractivity contribution in [1.82, 2.24) is 28.9 Å². The van der Waals surface area contributed by atoms with Crippen LogP contribution in [0.2, 0.25) is 0 Å². The standard InChI is InChI=1S/C18H26N6O3/c1-21(2)9-10-23-8-6-19-15(23)13-5-4-7-24(11-13)17(26)14-12-22(3)18(27)20-16(14)25/h6,8,12-13H,4-5,7,9-11H2,1-3H3,(H,20,25,27)/t13-/m1/s1. The fraction of sp³-hybridized carbons (Fsp3) is 0.556. The van der Waals surface area contributed by atoms with Gasteiger partial charge >= 0.3 is 5.69 Å². The lowest BCUT2D eigenvalue weighted by atomic mass is 9.96. The second kappa shape index (κ2) is 7.91. The molecule has 2 aromatic heterocycles. The van der Waals surface area contributed by atoms with E-state index < -0.39 is 11.2 Å². The van der Waals surface area contributed by atoms with Gasteiger partial charge in [-0.25, -0.2) is 9.78 Å². The number of hydrogen-bond acceptors (Lipinski definition) is 5. The minimum atomic E-state index is -0.641. The van der Waals surface area contributed by atoms with E-state index in [0.717, 1.165) is 31.8 Å². The molecule has 146 valence electrons. The predicted molar refractivity (Wildman–Crippen MR) is 101 cm³/mol. The summed E-state index contributed by atoms with van der Waals surface area (Å²) >= 11 is 0. The zero-order valence-electron chi connectivity index (χ0n) is 16.0. The van der Waals surface area contributed by atoms with E-state index in [9.17, 15) is 14.4 Å². The number of rotatable bonds is 5. The lowest BCUT2D eigenvalue weighted by molar-refractivity contribution is 0.0700. The van der Waals surface area contributed by atoms with Crippen molar-refractivity contribution in [3.63, 3.8) is 0 Å². The molecule has 3 rings (SSSR count). The Morgan fingerprint density at radius 3 is 2.89 bits per heavy atom. The number of likely N-dealkylation sites (tertiary alicyclic amines) is 1. The van der Waals surface area contributed by atoms with Crippen molar-refractivity contribution in [3.05, 3.63) is 50.8 Å². The van der Waals surface area contributed by atoms with E-state index in [4.69, 9.17) is 0 Å². The zero-order valence-corrected chi connectivity index (χ0v) is 16.0. The average molecular weight is 374 g/mol. The number of nitrogens with zero attached hydrogens (tertiary/aromatic N) is 5. The van der Waals surface area contributed by atoms with Crippen molar-refractivity contribution in [2.24, 2.45) is 7.05 Å². The number of aromatic nitrogens is 4. The molecule has 1 saturated heterocycles. The first-order valence-corrected chi connectivity index (χ1v) is 9.12. The lowest BCUT2D eigenvalue weighted by Crippen LogP contribution is -2.43. The van der Waals surface area contributed by atoms with Crippen molar-refractivity contribution in [2.45, 2.75) is 25.3 Å². The number of carbonyl (C=O) groups excluding carboxylic acids is 1. The SMILES string of the molecule is CN(C)CCn1ccnc1[C@@H]1CCCN(C(=O)c2cn(C)c(=O)[nH]c2=O)C1. The summed E-state index contributed by atoms with van der Waals surface area (Å²) in [5.74, 6) is 0.762. The molecule has 9 heteroatoms. The van der Waals surface area contributed by atoms with Crippen LogP contribution in [-0.4, -0.2) is 68.5 Å². The molecule has 0 unspecified atom stereocenters. The summed E-state index contributed by atoms with van der Waals surface area (Å²) in [6.07, 6.45) is 6.87. The molecule has 0 radical (unpaired) electrons. The van der Waals surface area contributed by atoms with Crippen LogP contribution in [0.25, 0.3) is 0 Å². The second-order valence-corrected chi connectivity index (χ2v) is 7.29. The lowest BCUT2D eigenvalue weighted by Gasteiger charge is -2.32. The highest BCUT2D eigenvalue weighted by molar-refractivity contribution is 5.93. The molecule has 3 heterocycles. The summed E-state index contributed by atoms with van der Waals surface area (Å²) < 4.78 is 3.35. The number of nitrogens with one attached hydrogen (secondary N) is 1. The fourth-order valence-corrected chi connectivity index (χ4v) is 3.44. The molecule has 1 fully saturated rings. The number of hydrogen-bond donors (Lipinski definition) is 1. The van der Waals surface area contributed by atoms with E-state index in [1.807, 2.05) is 20.3 Å². The molecular weight excluding hydrogens is 348 g/mol. The normalized spacial score (nSPS) is 17.5. The number of likely N-dealkylation sites (N-methyl/N-ethyl adjacent to an activating group) is 1. The van der Waals surface area contributed by atoms with Gasteiger partial charge in [0.05, 0.1) is 0 Å². The van der Waals surface area contributed by atoms with Gasteiger partial charge in [-0.2, -0.15) is 0 Å². The Bertz CT molecular complexity index is 926. The molecule has 0 aliphatic carbocycles. The van der Waals surface area contributed by atoms with Crippen molar-refractivity contribution in [2.75, 3.05) is 33.7 Å². The number of H-pyrrole nitrogens is 1. The van der Waals surface area contributed by atoms with Crippen LogP contribution in [0.3, 0.4) is 0 Å². The molecule has 0 aromatic carbocycles. The molecule has 1 aliphatic heterocycles. The smallest absolute Gasteiger partial charge is 0.328 e.